The second-order valence-corrected chi connectivity index (χ2v) is 8.66. The monoisotopic (exact) mass is 387 g/mol. The van der Waals surface area contributed by atoms with Crippen molar-refractivity contribution in [2.45, 2.75) is 23.6 Å². The number of benzene rings is 1. The van der Waals surface area contributed by atoms with E-state index in [2.05, 4.69) is 4.99 Å². The Morgan fingerprint density at radius 3 is 2.84 bits per heavy atom. The van der Waals surface area contributed by atoms with Crippen molar-refractivity contribution in [2.24, 2.45) is 10.7 Å². The van der Waals surface area contributed by atoms with Gasteiger partial charge in [-0.2, -0.15) is 4.31 Å². The van der Waals surface area contributed by atoms with Crippen molar-refractivity contribution in [2.75, 3.05) is 40.0 Å². The molecular formula is C16H25N3O4S2. The fourth-order valence-electron chi connectivity index (χ4n) is 2.42. The minimum atomic E-state index is -3.48. The van der Waals surface area contributed by atoms with E-state index in [9.17, 15) is 8.42 Å². The van der Waals surface area contributed by atoms with Crippen molar-refractivity contribution in [1.29, 1.82) is 0 Å². The van der Waals surface area contributed by atoms with Crippen LogP contribution in [0.5, 0.6) is 0 Å². The van der Waals surface area contributed by atoms with Crippen molar-refractivity contribution in [3.63, 3.8) is 0 Å². The number of ether oxygens (including phenoxy) is 2. The molecule has 9 heteroatoms. The Bertz CT molecular complexity index is 688. The molecule has 1 atom stereocenters. The van der Waals surface area contributed by atoms with Crippen LogP contribution in [0.2, 0.25) is 0 Å². The summed E-state index contributed by atoms with van der Waals surface area (Å²) < 4.78 is 37.1. The van der Waals surface area contributed by atoms with E-state index in [4.69, 9.17) is 15.2 Å². The standard InChI is InChI=1S/C16H25N3O4S2/c1-13(11-22-2)18-16(17)24-12-14-4-3-5-15(10-14)25(20,21)19-6-8-23-9-7-19/h3-5,10,13H,6-9,11-12H2,1-2H3,(H2,17,18)/t13-/m0/s1. The van der Waals surface area contributed by atoms with Gasteiger partial charge >= 0.3 is 0 Å². The first-order valence-electron chi connectivity index (χ1n) is 8.05. The molecule has 1 aliphatic heterocycles. The van der Waals surface area contributed by atoms with Crippen LogP contribution in [0.3, 0.4) is 0 Å². The normalized spacial score (nSPS) is 18.2. The zero-order chi connectivity index (χ0) is 18.3. The van der Waals surface area contributed by atoms with Crippen LogP contribution < -0.4 is 5.73 Å². The highest BCUT2D eigenvalue weighted by molar-refractivity contribution is 8.13. The Balaban J connectivity index is 2.03. The van der Waals surface area contributed by atoms with E-state index < -0.39 is 10.0 Å². The third-order valence-corrected chi connectivity index (χ3v) is 6.42. The van der Waals surface area contributed by atoms with Gasteiger partial charge in [-0.1, -0.05) is 23.9 Å². The Morgan fingerprint density at radius 1 is 1.44 bits per heavy atom. The summed E-state index contributed by atoms with van der Waals surface area (Å²) in [5.74, 6) is 0.557. The molecule has 25 heavy (non-hydrogen) atoms. The van der Waals surface area contributed by atoms with E-state index in [0.29, 0.717) is 48.7 Å². The van der Waals surface area contributed by atoms with Crippen molar-refractivity contribution >= 4 is 27.0 Å². The maximum absolute atomic E-state index is 12.7. The fourth-order valence-corrected chi connectivity index (χ4v) is 4.65. The predicted octanol–water partition coefficient (Wildman–Crippen LogP) is 1.29. The van der Waals surface area contributed by atoms with E-state index in [0.717, 1.165) is 5.56 Å². The van der Waals surface area contributed by atoms with Crippen LogP contribution in [-0.4, -0.2) is 64.0 Å². The first-order valence-corrected chi connectivity index (χ1v) is 10.5. The maximum Gasteiger partial charge on any atom is 0.243 e. The average molecular weight is 388 g/mol. The smallest absolute Gasteiger partial charge is 0.243 e. The first kappa shape index (κ1) is 20.2. The Hall–Kier alpha value is -1.13. The molecule has 0 spiro atoms. The highest BCUT2D eigenvalue weighted by Crippen LogP contribution is 2.21. The molecule has 0 unspecified atom stereocenters. The van der Waals surface area contributed by atoms with Gasteiger partial charge in [0.05, 0.1) is 30.8 Å². The summed E-state index contributed by atoms with van der Waals surface area (Å²) in [4.78, 5) is 4.62. The number of methoxy groups -OCH3 is 1. The lowest BCUT2D eigenvalue weighted by Crippen LogP contribution is -2.40. The number of sulfonamides is 1. The number of thioether (sulfide) groups is 1. The van der Waals surface area contributed by atoms with Crippen LogP contribution in [0.4, 0.5) is 0 Å². The van der Waals surface area contributed by atoms with Crippen LogP contribution in [0.25, 0.3) is 0 Å². The van der Waals surface area contributed by atoms with Crippen LogP contribution in [0.1, 0.15) is 12.5 Å². The van der Waals surface area contributed by atoms with Crippen molar-refractivity contribution in [3.8, 4) is 0 Å². The predicted molar refractivity (Wildman–Crippen MR) is 100 cm³/mol. The fraction of sp³-hybridized carbons (Fsp3) is 0.562. The Morgan fingerprint density at radius 2 is 2.16 bits per heavy atom. The molecule has 1 aliphatic rings. The van der Waals surface area contributed by atoms with Crippen molar-refractivity contribution < 1.29 is 17.9 Å². The Kier molecular flexibility index (Phi) is 7.70. The minimum absolute atomic E-state index is 0.00877. The number of nitrogens with zero attached hydrogens (tertiary/aromatic N) is 2. The Labute approximate surface area is 153 Å². The lowest BCUT2D eigenvalue weighted by Gasteiger charge is -2.26. The first-order chi connectivity index (χ1) is 11.9. The molecule has 1 aromatic rings. The molecule has 140 valence electrons. The van der Waals surface area contributed by atoms with Gasteiger partial charge in [0.25, 0.3) is 0 Å². The number of nitrogens with two attached hydrogens (primary N) is 1. The summed E-state index contributed by atoms with van der Waals surface area (Å²) in [6, 6.07) is 6.95. The minimum Gasteiger partial charge on any atom is -0.382 e. The number of rotatable bonds is 7. The largest absolute Gasteiger partial charge is 0.382 e. The lowest BCUT2D eigenvalue weighted by molar-refractivity contribution is 0.0730. The number of hydrogen-bond acceptors (Lipinski definition) is 6. The van der Waals surface area contributed by atoms with Gasteiger partial charge in [0, 0.05) is 26.0 Å². The molecule has 0 bridgehead atoms. The van der Waals surface area contributed by atoms with Crippen molar-refractivity contribution in [3.05, 3.63) is 29.8 Å². The highest BCUT2D eigenvalue weighted by atomic mass is 32.2. The molecule has 0 amide bonds. The summed E-state index contributed by atoms with van der Waals surface area (Å²) in [7, 11) is -1.86. The number of morpholine rings is 1. The highest BCUT2D eigenvalue weighted by Gasteiger charge is 2.26. The topological polar surface area (TPSA) is 94.2 Å². The van der Waals surface area contributed by atoms with Gasteiger partial charge in [-0.3, -0.25) is 4.99 Å². The van der Waals surface area contributed by atoms with E-state index in [1.807, 2.05) is 13.0 Å². The lowest BCUT2D eigenvalue weighted by atomic mass is 10.2. The second kappa shape index (κ2) is 9.54. The summed E-state index contributed by atoms with van der Waals surface area (Å²) in [6.07, 6.45) is 0. The van der Waals surface area contributed by atoms with Gasteiger partial charge in [-0.15, -0.1) is 0 Å². The molecule has 1 heterocycles. The van der Waals surface area contributed by atoms with Crippen LogP contribution >= 0.6 is 11.8 Å². The zero-order valence-corrected chi connectivity index (χ0v) is 16.2. The molecule has 2 rings (SSSR count). The third-order valence-electron chi connectivity index (χ3n) is 3.65. The van der Waals surface area contributed by atoms with Gasteiger partial charge in [0.15, 0.2) is 5.17 Å². The summed E-state index contributed by atoms with van der Waals surface area (Å²) in [5, 5.41) is 0.464. The SMILES string of the molecule is COC[C@H](C)N=C(N)SCc1cccc(S(=O)(=O)N2CCOCC2)c1. The summed E-state index contributed by atoms with van der Waals surface area (Å²) >= 11 is 1.38. The molecule has 0 aromatic heterocycles. The second-order valence-electron chi connectivity index (χ2n) is 5.72. The molecular weight excluding hydrogens is 362 g/mol. The van der Waals surface area contributed by atoms with Crippen molar-refractivity contribution in [1.82, 2.24) is 4.31 Å². The van der Waals surface area contributed by atoms with Gasteiger partial charge < -0.3 is 15.2 Å². The van der Waals surface area contributed by atoms with Gasteiger partial charge in [0.2, 0.25) is 10.0 Å². The quantitative estimate of drug-likeness (QED) is 0.560. The van der Waals surface area contributed by atoms with Crippen LogP contribution in [0, 0.1) is 0 Å². The third kappa shape index (κ3) is 5.96. The number of hydrogen-bond donors (Lipinski definition) is 1. The molecule has 1 fully saturated rings. The zero-order valence-electron chi connectivity index (χ0n) is 14.6. The van der Waals surface area contributed by atoms with Crippen LogP contribution in [-0.2, 0) is 25.2 Å². The maximum atomic E-state index is 12.7. The molecule has 1 aromatic carbocycles. The van der Waals surface area contributed by atoms with E-state index in [-0.39, 0.29) is 6.04 Å². The van der Waals surface area contributed by atoms with Crippen LogP contribution in [0.15, 0.2) is 34.2 Å². The number of amidine groups is 1. The van der Waals surface area contributed by atoms with Gasteiger partial charge in [-0.05, 0) is 24.6 Å². The van der Waals surface area contributed by atoms with E-state index >= 15 is 0 Å². The molecule has 0 saturated carbocycles. The molecule has 0 aliphatic carbocycles. The molecule has 0 radical (unpaired) electrons. The molecule has 7 nitrogen and oxygen atoms in total. The van der Waals surface area contributed by atoms with Gasteiger partial charge in [0.1, 0.15) is 0 Å². The summed E-state index contributed by atoms with van der Waals surface area (Å²) in [5.41, 5.74) is 6.80. The summed E-state index contributed by atoms with van der Waals surface area (Å²) in [6.45, 7) is 4.07. The molecule has 2 N–H and O–H groups in total. The van der Waals surface area contributed by atoms with E-state index in [1.54, 1.807) is 25.3 Å². The van der Waals surface area contributed by atoms with Gasteiger partial charge in [-0.25, -0.2) is 8.42 Å². The average Bonchev–Trinajstić information content (AvgIpc) is 2.61. The van der Waals surface area contributed by atoms with E-state index in [1.165, 1.54) is 16.1 Å². The number of aliphatic imine (C=N–C) groups is 1. The molecule has 1 saturated heterocycles.